The normalized spacial score (nSPS) is 27.4. The molecule has 5 nitrogen and oxygen atoms in total. The zero-order chi connectivity index (χ0) is 13.4. The van der Waals surface area contributed by atoms with E-state index in [2.05, 4.69) is 4.72 Å². The van der Waals surface area contributed by atoms with Gasteiger partial charge in [-0.05, 0) is 51.4 Å². The minimum atomic E-state index is -3.42. The average Bonchev–Trinajstić information content (AvgIpc) is 3.12. The van der Waals surface area contributed by atoms with Gasteiger partial charge in [0.2, 0.25) is 0 Å². The van der Waals surface area contributed by atoms with E-state index in [0.29, 0.717) is 19.0 Å². The van der Waals surface area contributed by atoms with Gasteiger partial charge in [0.25, 0.3) is 10.2 Å². The number of nitrogens with one attached hydrogen (secondary N) is 1. The Balaban J connectivity index is 2.01. The molecule has 0 aromatic carbocycles. The summed E-state index contributed by atoms with van der Waals surface area (Å²) in [6.45, 7) is 4.97. The van der Waals surface area contributed by atoms with Gasteiger partial charge in [0.15, 0.2) is 0 Å². The quantitative estimate of drug-likeness (QED) is 0.777. The summed E-state index contributed by atoms with van der Waals surface area (Å²) < 4.78 is 29.0. The van der Waals surface area contributed by atoms with E-state index < -0.39 is 10.2 Å². The number of aliphatic hydroxyl groups is 1. The number of hydrogen-bond acceptors (Lipinski definition) is 3. The third-order valence-electron chi connectivity index (χ3n) is 4.07. The Labute approximate surface area is 110 Å². The number of hydrogen-bond donors (Lipinski definition) is 2. The fraction of sp³-hybridized carbons (Fsp3) is 1.00. The van der Waals surface area contributed by atoms with Crippen LogP contribution in [0.2, 0.25) is 0 Å². The fourth-order valence-electron chi connectivity index (χ4n) is 2.68. The van der Waals surface area contributed by atoms with Crippen LogP contribution in [0.3, 0.4) is 0 Å². The highest BCUT2D eigenvalue weighted by molar-refractivity contribution is 7.87. The van der Waals surface area contributed by atoms with Gasteiger partial charge in [0, 0.05) is 25.2 Å². The predicted octanol–water partition coefficient (Wildman–Crippen LogP) is 0.714. The molecule has 1 saturated heterocycles. The molecule has 1 heterocycles. The molecule has 1 saturated carbocycles. The largest absolute Gasteiger partial charge is 0.396 e. The first-order chi connectivity index (χ1) is 8.35. The van der Waals surface area contributed by atoms with Crippen molar-refractivity contribution >= 4 is 10.2 Å². The first kappa shape index (κ1) is 14.2. The van der Waals surface area contributed by atoms with Gasteiger partial charge < -0.3 is 5.11 Å². The van der Waals surface area contributed by atoms with Crippen molar-refractivity contribution in [2.45, 2.75) is 45.1 Å². The van der Waals surface area contributed by atoms with E-state index >= 15 is 0 Å². The molecule has 1 aliphatic carbocycles. The molecule has 0 bridgehead atoms. The van der Waals surface area contributed by atoms with Crippen LogP contribution in [-0.4, -0.2) is 43.1 Å². The molecule has 1 unspecified atom stereocenters. The van der Waals surface area contributed by atoms with E-state index in [0.717, 1.165) is 25.7 Å². The number of piperidine rings is 1. The van der Waals surface area contributed by atoms with Crippen molar-refractivity contribution < 1.29 is 13.5 Å². The maximum Gasteiger partial charge on any atom is 0.279 e. The monoisotopic (exact) mass is 276 g/mol. The molecule has 1 atom stereocenters. The molecule has 6 heteroatoms. The maximum atomic E-state index is 12.3. The van der Waals surface area contributed by atoms with Crippen LogP contribution in [0.15, 0.2) is 0 Å². The van der Waals surface area contributed by atoms with Gasteiger partial charge in [0.05, 0.1) is 0 Å². The smallest absolute Gasteiger partial charge is 0.279 e. The summed E-state index contributed by atoms with van der Waals surface area (Å²) in [5.74, 6) is 0.546. The van der Waals surface area contributed by atoms with Gasteiger partial charge in [0.1, 0.15) is 0 Å². The summed E-state index contributed by atoms with van der Waals surface area (Å²) in [5.41, 5.74) is -0.356. The van der Waals surface area contributed by atoms with Crippen LogP contribution in [0, 0.1) is 11.8 Å². The Bertz CT molecular complexity index is 390. The second-order valence-corrected chi connectivity index (χ2v) is 7.82. The lowest BCUT2D eigenvalue weighted by molar-refractivity contribution is 0.163. The highest BCUT2D eigenvalue weighted by Gasteiger charge is 2.42. The number of nitrogens with zero attached hydrogens (tertiary/aromatic N) is 1. The minimum absolute atomic E-state index is 0.0675. The molecule has 18 heavy (non-hydrogen) atoms. The topological polar surface area (TPSA) is 69.6 Å². The molecule has 2 fully saturated rings. The molecule has 0 radical (unpaired) electrons. The highest BCUT2D eigenvalue weighted by Crippen LogP contribution is 2.39. The van der Waals surface area contributed by atoms with Crippen LogP contribution in [0.4, 0.5) is 0 Å². The lowest BCUT2D eigenvalue weighted by atomic mass is 10.0. The van der Waals surface area contributed by atoms with E-state index in [1.54, 1.807) is 0 Å². The van der Waals surface area contributed by atoms with E-state index in [4.69, 9.17) is 5.11 Å². The third kappa shape index (κ3) is 3.23. The van der Waals surface area contributed by atoms with E-state index in [1.807, 2.05) is 13.8 Å². The summed E-state index contributed by atoms with van der Waals surface area (Å²) in [5, 5.41) is 9.16. The van der Waals surface area contributed by atoms with Crippen molar-refractivity contribution in [1.29, 1.82) is 0 Å². The second kappa shape index (κ2) is 5.07. The first-order valence-corrected chi connectivity index (χ1v) is 8.19. The van der Waals surface area contributed by atoms with Crippen LogP contribution in [-0.2, 0) is 10.2 Å². The van der Waals surface area contributed by atoms with Gasteiger partial charge in [-0.3, -0.25) is 0 Å². The predicted molar refractivity (Wildman–Crippen MR) is 70.2 cm³/mol. The van der Waals surface area contributed by atoms with Crippen molar-refractivity contribution in [2.75, 3.05) is 19.7 Å². The Hall–Kier alpha value is -0.170. The molecular formula is C12H24N2O3S. The summed E-state index contributed by atoms with van der Waals surface area (Å²) in [6, 6.07) is 0. The molecule has 0 aromatic heterocycles. The van der Waals surface area contributed by atoms with Crippen LogP contribution in [0.5, 0.6) is 0 Å². The number of rotatable bonds is 5. The number of aliphatic hydroxyl groups excluding tert-OH is 1. The van der Waals surface area contributed by atoms with Gasteiger partial charge in [-0.25, -0.2) is 0 Å². The Morgan fingerprint density at radius 3 is 2.56 bits per heavy atom. The minimum Gasteiger partial charge on any atom is -0.396 e. The van der Waals surface area contributed by atoms with Gasteiger partial charge in [-0.1, -0.05) is 0 Å². The molecule has 1 aliphatic heterocycles. The SMILES string of the molecule is CC(C)(NS(=O)(=O)N1CCCC(CO)C1)C1CC1. The molecule has 2 rings (SSSR count). The Morgan fingerprint density at radius 1 is 1.33 bits per heavy atom. The van der Waals surface area contributed by atoms with Crippen molar-refractivity contribution in [1.82, 2.24) is 9.03 Å². The van der Waals surface area contributed by atoms with Crippen molar-refractivity contribution in [2.24, 2.45) is 11.8 Å². The zero-order valence-electron chi connectivity index (χ0n) is 11.2. The van der Waals surface area contributed by atoms with E-state index in [9.17, 15) is 8.42 Å². The molecular weight excluding hydrogens is 252 g/mol. The Kier molecular flexibility index (Phi) is 4.02. The maximum absolute atomic E-state index is 12.3. The van der Waals surface area contributed by atoms with Crippen LogP contribution < -0.4 is 4.72 Å². The summed E-state index contributed by atoms with van der Waals surface area (Å²) in [6.07, 6.45) is 3.95. The van der Waals surface area contributed by atoms with Crippen LogP contribution >= 0.6 is 0 Å². The summed E-state index contributed by atoms with van der Waals surface area (Å²) in [7, 11) is -3.42. The van der Waals surface area contributed by atoms with Crippen molar-refractivity contribution in [3.63, 3.8) is 0 Å². The fourth-order valence-corrected chi connectivity index (χ4v) is 4.42. The molecule has 2 aliphatic rings. The lowest BCUT2D eigenvalue weighted by Gasteiger charge is -2.34. The summed E-state index contributed by atoms with van der Waals surface area (Å²) >= 11 is 0. The van der Waals surface area contributed by atoms with Crippen LogP contribution in [0.1, 0.15) is 39.5 Å². The highest BCUT2D eigenvalue weighted by atomic mass is 32.2. The van der Waals surface area contributed by atoms with E-state index in [-0.39, 0.29) is 18.1 Å². The summed E-state index contributed by atoms with van der Waals surface area (Å²) in [4.78, 5) is 0. The molecule has 0 amide bonds. The third-order valence-corrected chi connectivity index (χ3v) is 5.87. The van der Waals surface area contributed by atoms with Gasteiger partial charge in [-0.15, -0.1) is 0 Å². The molecule has 0 aromatic rings. The zero-order valence-corrected chi connectivity index (χ0v) is 12.0. The molecule has 0 spiro atoms. The van der Waals surface area contributed by atoms with Gasteiger partial charge in [-0.2, -0.15) is 17.4 Å². The molecule has 2 N–H and O–H groups in total. The van der Waals surface area contributed by atoms with Gasteiger partial charge >= 0.3 is 0 Å². The first-order valence-electron chi connectivity index (χ1n) is 6.75. The average molecular weight is 276 g/mol. The van der Waals surface area contributed by atoms with Crippen molar-refractivity contribution in [3.05, 3.63) is 0 Å². The van der Waals surface area contributed by atoms with Crippen LogP contribution in [0.25, 0.3) is 0 Å². The molecule has 106 valence electrons. The lowest BCUT2D eigenvalue weighted by Crippen LogP contribution is -2.53. The van der Waals surface area contributed by atoms with E-state index in [1.165, 1.54) is 4.31 Å². The Morgan fingerprint density at radius 2 is 2.00 bits per heavy atom. The standard InChI is InChI=1S/C12H24N2O3S/c1-12(2,11-5-6-11)13-18(16,17)14-7-3-4-10(8-14)9-15/h10-11,13,15H,3-9H2,1-2H3. The second-order valence-electron chi connectivity index (χ2n) is 6.15. The van der Waals surface area contributed by atoms with Crippen molar-refractivity contribution in [3.8, 4) is 0 Å².